The first-order chi connectivity index (χ1) is 13.6. The average Bonchev–Trinajstić information content (AvgIpc) is 2.75. The van der Waals surface area contributed by atoms with Gasteiger partial charge in [-0.3, -0.25) is 0 Å². The van der Waals surface area contributed by atoms with Crippen molar-refractivity contribution in [2.24, 2.45) is 0 Å². The number of amides is 2. The van der Waals surface area contributed by atoms with Crippen LogP contribution in [0.25, 0.3) is 0 Å². The molecule has 1 heterocycles. The number of hydrogen-bond acceptors (Lipinski definition) is 3. The first-order valence-electron chi connectivity index (χ1n) is 10.3. The summed E-state index contributed by atoms with van der Waals surface area (Å²) in [6.07, 6.45) is 0. The lowest BCUT2D eigenvalue weighted by atomic mass is 10.1. The Labute approximate surface area is 168 Å². The van der Waals surface area contributed by atoms with Crippen LogP contribution < -0.4 is 15.1 Å². The highest BCUT2D eigenvalue weighted by molar-refractivity contribution is 5.74. The number of benzene rings is 2. The van der Waals surface area contributed by atoms with Gasteiger partial charge >= 0.3 is 6.03 Å². The molecule has 0 radical (unpaired) electrons. The second-order valence-corrected chi connectivity index (χ2v) is 7.31. The maximum Gasteiger partial charge on any atom is 0.317 e. The van der Waals surface area contributed by atoms with E-state index in [4.69, 9.17) is 0 Å². The van der Waals surface area contributed by atoms with E-state index in [1.54, 1.807) is 0 Å². The van der Waals surface area contributed by atoms with Crippen LogP contribution in [0, 0.1) is 6.92 Å². The molecule has 0 bridgehead atoms. The van der Waals surface area contributed by atoms with Gasteiger partial charge in [-0.2, -0.15) is 0 Å². The third-order valence-electron chi connectivity index (χ3n) is 5.47. The molecule has 0 saturated carbocycles. The van der Waals surface area contributed by atoms with Crippen molar-refractivity contribution in [3.8, 4) is 0 Å². The molecule has 0 unspecified atom stereocenters. The smallest absolute Gasteiger partial charge is 0.317 e. The summed E-state index contributed by atoms with van der Waals surface area (Å²) in [7, 11) is 0. The van der Waals surface area contributed by atoms with Crippen LogP contribution in [-0.4, -0.2) is 50.2 Å². The molecule has 1 aliphatic heterocycles. The van der Waals surface area contributed by atoms with E-state index >= 15 is 0 Å². The summed E-state index contributed by atoms with van der Waals surface area (Å²) in [5.74, 6) is 0. The number of rotatable bonds is 6. The van der Waals surface area contributed by atoms with Gasteiger partial charge in [0.2, 0.25) is 0 Å². The Morgan fingerprint density at radius 3 is 2.11 bits per heavy atom. The number of urea groups is 1. The maximum atomic E-state index is 12.5. The van der Waals surface area contributed by atoms with E-state index in [0.717, 1.165) is 44.8 Å². The molecule has 2 amide bonds. The summed E-state index contributed by atoms with van der Waals surface area (Å²) in [6.45, 7) is 12.3. The van der Waals surface area contributed by atoms with Gasteiger partial charge in [-0.25, -0.2) is 4.79 Å². The highest BCUT2D eigenvalue weighted by Crippen LogP contribution is 2.22. The van der Waals surface area contributed by atoms with E-state index in [1.807, 2.05) is 4.90 Å². The van der Waals surface area contributed by atoms with Gasteiger partial charge in [-0.05, 0) is 50.6 Å². The summed E-state index contributed by atoms with van der Waals surface area (Å²) in [6, 6.07) is 17.1. The fourth-order valence-corrected chi connectivity index (χ4v) is 3.63. The number of aryl methyl sites for hydroxylation is 1. The Morgan fingerprint density at radius 2 is 1.54 bits per heavy atom. The van der Waals surface area contributed by atoms with Crippen molar-refractivity contribution in [2.75, 3.05) is 49.1 Å². The maximum absolute atomic E-state index is 12.5. The van der Waals surface area contributed by atoms with Gasteiger partial charge in [0.25, 0.3) is 0 Å². The van der Waals surface area contributed by atoms with E-state index in [1.165, 1.54) is 16.9 Å². The minimum absolute atomic E-state index is 0.0251. The highest BCUT2D eigenvalue weighted by atomic mass is 16.2. The van der Waals surface area contributed by atoms with Crippen LogP contribution in [0.2, 0.25) is 0 Å². The lowest BCUT2D eigenvalue weighted by molar-refractivity contribution is 0.194. The Morgan fingerprint density at radius 1 is 0.929 bits per heavy atom. The van der Waals surface area contributed by atoms with Gasteiger partial charge in [-0.1, -0.05) is 29.8 Å². The molecular formula is C23H32N4O. The largest absolute Gasteiger partial charge is 0.372 e. The zero-order valence-corrected chi connectivity index (χ0v) is 17.3. The Kier molecular flexibility index (Phi) is 6.80. The summed E-state index contributed by atoms with van der Waals surface area (Å²) in [4.78, 5) is 19.1. The number of carbonyl (C=O) groups is 1. The quantitative estimate of drug-likeness (QED) is 0.827. The number of anilines is 2. The van der Waals surface area contributed by atoms with Crippen molar-refractivity contribution in [3.05, 3.63) is 59.7 Å². The standard InChI is InChI=1S/C23H32N4O/c1-4-25(5-2)21-10-12-22(13-11-21)26-14-16-27(17-15-26)23(28)24-18-20-8-6-19(3)7-9-20/h6-13H,4-5,14-18H2,1-3H3,(H,24,28). The molecule has 1 aliphatic rings. The third kappa shape index (κ3) is 4.97. The van der Waals surface area contributed by atoms with Crippen molar-refractivity contribution < 1.29 is 4.79 Å². The fourth-order valence-electron chi connectivity index (χ4n) is 3.63. The van der Waals surface area contributed by atoms with Crippen molar-refractivity contribution >= 4 is 17.4 Å². The first kappa shape index (κ1) is 20.1. The normalized spacial score (nSPS) is 14.1. The minimum atomic E-state index is 0.0251. The number of nitrogens with one attached hydrogen (secondary N) is 1. The molecule has 5 nitrogen and oxygen atoms in total. The Balaban J connectivity index is 1.48. The van der Waals surface area contributed by atoms with E-state index in [0.29, 0.717) is 6.54 Å². The molecule has 1 fully saturated rings. The SMILES string of the molecule is CCN(CC)c1ccc(N2CCN(C(=O)NCc3ccc(C)cc3)CC2)cc1. The molecule has 0 aromatic heterocycles. The van der Waals surface area contributed by atoms with E-state index < -0.39 is 0 Å². The van der Waals surface area contributed by atoms with Gasteiger partial charge in [-0.15, -0.1) is 0 Å². The zero-order valence-electron chi connectivity index (χ0n) is 17.3. The summed E-state index contributed by atoms with van der Waals surface area (Å²) in [5.41, 5.74) is 4.86. The molecule has 28 heavy (non-hydrogen) atoms. The van der Waals surface area contributed by atoms with Crippen LogP contribution >= 0.6 is 0 Å². The van der Waals surface area contributed by atoms with E-state index in [2.05, 4.69) is 84.4 Å². The molecule has 1 saturated heterocycles. The second-order valence-electron chi connectivity index (χ2n) is 7.31. The molecule has 2 aromatic rings. The highest BCUT2D eigenvalue weighted by Gasteiger charge is 2.21. The third-order valence-corrected chi connectivity index (χ3v) is 5.47. The van der Waals surface area contributed by atoms with Gasteiger partial charge in [0.1, 0.15) is 0 Å². The lowest BCUT2D eigenvalue weighted by Crippen LogP contribution is -2.51. The topological polar surface area (TPSA) is 38.8 Å². The summed E-state index contributed by atoms with van der Waals surface area (Å²) in [5, 5.41) is 3.04. The molecule has 150 valence electrons. The summed E-state index contributed by atoms with van der Waals surface area (Å²) >= 11 is 0. The second kappa shape index (κ2) is 9.49. The molecule has 3 rings (SSSR count). The van der Waals surface area contributed by atoms with Gasteiger partial charge < -0.3 is 20.0 Å². The number of carbonyl (C=O) groups excluding carboxylic acids is 1. The van der Waals surface area contributed by atoms with Gasteiger partial charge in [0, 0.05) is 57.2 Å². The fraction of sp³-hybridized carbons (Fsp3) is 0.435. The molecule has 0 spiro atoms. The van der Waals surface area contributed by atoms with Crippen molar-refractivity contribution in [1.29, 1.82) is 0 Å². The van der Waals surface area contributed by atoms with Gasteiger partial charge in [0.05, 0.1) is 0 Å². The number of nitrogens with zero attached hydrogens (tertiary/aromatic N) is 3. The number of piperazine rings is 1. The van der Waals surface area contributed by atoms with Gasteiger partial charge in [0.15, 0.2) is 0 Å². The van der Waals surface area contributed by atoms with Crippen LogP contribution in [0.3, 0.4) is 0 Å². The molecular weight excluding hydrogens is 348 g/mol. The molecule has 1 N–H and O–H groups in total. The Hall–Kier alpha value is -2.69. The molecule has 5 heteroatoms. The molecule has 0 atom stereocenters. The van der Waals surface area contributed by atoms with E-state index in [9.17, 15) is 4.79 Å². The monoisotopic (exact) mass is 380 g/mol. The minimum Gasteiger partial charge on any atom is -0.372 e. The lowest BCUT2D eigenvalue weighted by Gasteiger charge is -2.36. The van der Waals surface area contributed by atoms with Crippen molar-refractivity contribution in [2.45, 2.75) is 27.3 Å². The van der Waals surface area contributed by atoms with Crippen molar-refractivity contribution in [1.82, 2.24) is 10.2 Å². The van der Waals surface area contributed by atoms with Crippen LogP contribution in [0.4, 0.5) is 16.2 Å². The molecule has 2 aromatic carbocycles. The Bertz CT molecular complexity index is 745. The average molecular weight is 381 g/mol. The number of hydrogen-bond donors (Lipinski definition) is 1. The van der Waals surface area contributed by atoms with E-state index in [-0.39, 0.29) is 6.03 Å². The predicted octanol–water partition coefficient (Wildman–Crippen LogP) is 3.87. The molecule has 0 aliphatic carbocycles. The van der Waals surface area contributed by atoms with Crippen LogP contribution in [0.15, 0.2) is 48.5 Å². The van der Waals surface area contributed by atoms with Crippen LogP contribution in [-0.2, 0) is 6.54 Å². The zero-order chi connectivity index (χ0) is 19.9. The van der Waals surface area contributed by atoms with Crippen LogP contribution in [0.1, 0.15) is 25.0 Å². The first-order valence-corrected chi connectivity index (χ1v) is 10.3. The van der Waals surface area contributed by atoms with Crippen LogP contribution in [0.5, 0.6) is 0 Å². The van der Waals surface area contributed by atoms with Crippen molar-refractivity contribution in [3.63, 3.8) is 0 Å². The summed E-state index contributed by atoms with van der Waals surface area (Å²) < 4.78 is 0. The predicted molar refractivity (Wildman–Crippen MR) is 117 cm³/mol.